The molecule has 2 unspecified atom stereocenters. The number of nitriles is 1. The van der Waals surface area contributed by atoms with Crippen LogP contribution >= 0.6 is 11.6 Å². The van der Waals surface area contributed by atoms with E-state index in [4.69, 9.17) is 16.9 Å². The maximum absolute atomic E-state index is 11.3. The van der Waals surface area contributed by atoms with Crippen molar-refractivity contribution in [3.8, 4) is 6.07 Å². The zero-order valence-corrected chi connectivity index (χ0v) is 10.4. The Kier molecular flexibility index (Phi) is 5.10. The van der Waals surface area contributed by atoms with Crippen LogP contribution < -0.4 is 0 Å². The molecule has 0 aromatic heterocycles. The molecule has 0 saturated heterocycles. The number of aliphatic hydroxyl groups is 2. The third-order valence-electron chi connectivity index (χ3n) is 2.28. The smallest absolute Gasteiger partial charge is 0.338 e. The number of benzene rings is 1. The highest BCUT2D eigenvalue weighted by atomic mass is 35.5. The number of hydrogen-bond acceptors (Lipinski definition) is 5. The van der Waals surface area contributed by atoms with E-state index in [1.165, 1.54) is 18.2 Å². The average Bonchev–Trinajstić information content (AvgIpc) is 2.38. The van der Waals surface area contributed by atoms with Gasteiger partial charge in [0, 0.05) is 0 Å². The van der Waals surface area contributed by atoms with Crippen LogP contribution in [0.15, 0.2) is 18.2 Å². The molecule has 1 rings (SSSR count). The molecule has 0 heterocycles. The van der Waals surface area contributed by atoms with Crippen molar-refractivity contribution in [1.82, 2.24) is 0 Å². The molecule has 18 heavy (non-hydrogen) atoms. The molecule has 0 aliphatic heterocycles. The van der Waals surface area contributed by atoms with Crippen molar-refractivity contribution < 1.29 is 19.7 Å². The third kappa shape index (κ3) is 3.20. The largest absolute Gasteiger partial charge is 0.464 e. The molecular formula is C12H12ClNO4. The predicted molar refractivity (Wildman–Crippen MR) is 63.8 cm³/mol. The Hall–Kier alpha value is -1.61. The quantitative estimate of drug-likeness (QED) is 0.801. The SMILES string of the molecule is CCOC(=O)C(O)C(O)c1ccc(Cl)c(C#N)c1. The van der Waals surface area contributed by atoms with E-state index in [-0.39, 0.29) is 22.8 Å². The molecule has 2 atom stereocenters. The molecule has 2 N–H and O–H groups in total. The topological polar surface area (TPSA) is 90.6 Å². The zero-order chi connectivity index (χ0) is 13.7. The molecule has 0 fully saturated rings. The average molecular weight is 270 g/mol. The number of carbonyl (C=O) groups is 1. The number of ether oxygens (including phenoxy) is 1. The molecule has 0 aliphatic carbocycles. The second-order valence-electron chi connectivity index (χ2n) is 3.49. The molecule has 1 aromatic carbocycles. The highest BCUT2D eigenvalue weighted by molar-refractivity contribution is 6.31. The van der Waals surface area contributed by atoms with Crippen LogP contribution in [-0.4, -0.2) is 28.9 Å². The minimum atomic E-state index is -1.70. The van der Waals surface area contributed by atoms with Gasteiger partial charge in [-0.05, 0) is 24.6 Å². The summed E-state index contributed by atoms with van der Waals surface area (Å²) in [5, 5.41) is 28.4. The van der Waals surface area contributed by atoms with Crippen molar-refractivity contribution in [2.24, 2.45) is 0 Å². The van der Waals surface area contributed by atoms with E-state index < -0.39 is 18.2 Å². The van der Waals surface area contributed by atoms with E-state index in [0.717, 1.165) is 0 Å². The number of nitrogens with zero attached hydrogens (tertiary/aromatic N) is 1. The van der Waals surface area contributed by atoms with Crippen molar-refractivity contribution >= 4 is 17.6 Å². The first-order chi connectivity index (χ1) is 8.51. The Morgan fingerprint density at radius 1 is 1.56 bits per heavy atom. The first-order valence-corrected chi connectivity index (χ1v) is 5.61. The van der Waals surface area contributed by atoms with Gasteiger partial charge in [0.1, 0.15) is 12.2 Å². The fraction of sp³-hybridized carbons (Fsp3) is 0.333. The molecule has 5 nitrogen and oxygen atoms in total. The van der Waals surface area contributed by atoms with E-state index in [1.54, 1.807) is 6.92 Å². The van der Waals surface area contributed by atoms with Crippen molar-refractivity contribution in [1.29, 1.82) is 5.26 Å². The number of aliphatic hydroxyl groups excluding tert-OH is 2. The highest BCUT2D eigenvalue weighted by Crippen LogP contribution is 2.23. The Bertz CT molecular complexity index is 483. The minimum absolute atomic E-state index is 0.104. The normalized spacial score (nSPS) is 13.5. The van der Waals surface area contributed by atoms with Crippen molar-refractivity contribution in [3.05, 3.63) is 34.3 Å². The van der Waals surface area contributed by atoms with Crippen LogP contribution in [0.25, 0.3) is 0 Å². The minimum Gasteiger partial charge on any atom is -0.464 e. The van der Waals surface area contributed by atoms with E-state index >= 15 is 0 Å². The number of esters is 1. The van der Waals surface area contributed by atoms with Gasteiger partial charge in [-0.1, -0.05) is 17.7 Å². The first kappa shape index (κ1) is 14.5. The summed E-state index contributed by atoms with van der Waals surface area (Å²) in [5.74, 6) is -0.918. The van der Waals surface area contributed by atoms with E-state index in [0.29, 0.717) is 0 Å². The number of carbonyl (C=O) groups excluding carboxylic acids is 1. The van der Waals surface area contributed by atoms with Gasteiger partial charge in [-0.25, -0.2) is 4.79 Å². The van der Waals surface area contributed by atoms with Crippen molar-refractivity contribution in [2.75, 3.05) is 6.61 Å². The van der Waals surface area contributed by atoms with Crippen LogP contribution in [0.1, 0.15) is 24.2 Å². The molecule has 0 spiro atoms. The van der Waals surface area contributed by atoms with Gasteiger partial charge in [-0.3, -0.25) is 0 Å². The third-order valence-corrected chi connectivity index (χ3v) is 2.61. The summed E-state index contributed by atoms with van der Waals surface area (Å²) in [6.07, 6.45) is -3.16. The van der Waals surface area contributed by atoms with Gasteiger partial charge in [0.15, 0.2) is 6.10 Å². The number of rotatable bonds is 4. The summed E-state index contributed by atoms with van der Waals surface area (Å²) in [6, 6.07) is 6.00. The van der Waals surface area contributed by atoms with Gasteiger partial charge in [0.25, 0.3) is 0 Å². The molecule has 1 aromatic rings. The predicted octanol–water partition coefficient (Wildman–Crippen LogP) is 1.17. The zero-order valence-electron chi connectivity index (χ0n) is 9.63. The van der Waals surface area contributed by atoms with Gasteiger partial charge in [-0.15, -0.1) is 0 Å². The van der Waals surface area contributed by atoms with Crippen molar-refractivity contribution in [2.45, 2.75) is 19.1 Å². The summed E-state index contributed by atoms with van der Waals surface area (Å²) in [6.45, 7) is 1.69. The van der Waals surface area contributed by atoms with Crippen LogP contribution in [0.5, 0.6) is 0 Å². The monoisotopic (exact) mass is 269 g/mol. The maximum Gasteiger partial charge on any atom is 0.338 e. The van der Waals surface area contributed by atoms with Gasteiger partial charge in [-0.2, -0.15) is 5.26 Å². The van der Waals surface area contributed by atoms with Crippen LogP contribution in [0, 0.1) is 11.3 Å². The van der Waals surface area contributed by atoms with Crippen LogP contribution in [0.2, 0.25) is 5.02 Å². The summed E-state index contributed by atoms with van der Waals surface area (Å²) in [4.78, 5) is 11.3. The fourth-order valence-electron chi connectivity index (χ4n) is 1.35. The van der Waals surface area contributed by atoms with Crippen molar-refractivity contribution in [3.63, 3.8) is 0 Å². The van der Waals surface area contributed by atoms with Crippen LogP contribution in [0.3, 0.4) is 0 Å². The molecular weight excluding hydrogens is 258 g/mol. The lowest BCUT2D eigenvalue weighted by molar-refractivity contribution is -0.159. The second kappa shape index (κ2) is 6.36. The van der Waals surface area contributed by atoms with Crippen LogP contribution in [0.4, 0.5) is 0 Å². The molecule has 0 bridgehead atoms. The summed E-state index contributed by atoms with van der Waals surface area (Å²) < 4.78 is 4.59. The van der Waals surface area contributed by atoms with E-state index in [9.17, 15) is 15.0 Å². The summed E-state index contributed by atoms with van der Waals surface area (Å²) in [5.41, 5.74) is 0.376. The van der Waals surface area contributed by atoms with E-state index in [2.05, 4.69) is 4.74 Å². The molecule has 96 valence electrons. The lowest BCUT2D eigenvalue weighted by atomic mass is 10.0. The van der Waals surface area contributed by atoms with Gasteiger partial charge >= 0.3 is 5.97 Å². The van der Waals surface area contributed by atoms with Gasteiger partial charge in [0.05, 0.1) is 17.2 Å². The molecule has 0 saturated carbocycles. The standard InChI is InChI=1S/C12H12ClNO4/c1-2-18-12(17)11(16)10(15)7-3-4-9(13)8(5-7)6-14/h3-5,10-11,15-16H,2H2,1H3. The Morgan fingerprint density at radius 3 is 2.78 bits per heavy atom. The first-order valence-electron chi connectivity index (χ1n) is 5.23. The summed E-state index contributed by atoms with van der Waals surface area (Å²) >= 11 is 5.73. The molecule has 0 radical (unpaired) electrons. The Balaban J connectivity index is 2.94. The van der Waals surface area contributed by atoms with Crippen LogP contribution in [-0.2, 0) is 9.53 Å². The van der Waals surface area contributed by atoms with Gasteiger partial charge in [0.2, 0.25) is 0 Å². The molecule has 0 amide bonds. The number of hydrogen-bond donors (Lipinski definition) is 2. The fourth-order valence-corrected chi connectivity index (χ4v) is 1.51. The maximum atomic E-state index is 11.3. The summed E-state index contributed by atoms with van der Waals surface area (Å²) in [7, 11) is 0. The van der Waals surface area contributed by atoms with E-state index in [1.807, 2.05) is 6.07 Å². The lowest BCUT2D eigenvalue weighted by Gasteiger charge is -2.17. The highest BCUT2D eigenvalue weighted by Gasteiger charge is 2.27. The lowest BCUT2D eigenvalue weighted by Crippen LogP contribution is -2.29. The Labute approximate surface area is 109 Å². The molecule has 6 heteroatoms. The van der Waals surface area contributed by atoms with Gasteiger partial charge < -0.3 is 14.9 Å². The number of halogens is 1. The Morgan fingerprint density at radius 2 is 2.22 bits per heavy atom. The second-order valence-corrected chi connectivity index (χ2v) is 3.90. The molecule has 0 aliphatic rings.